The summed E-state index contributed by atoms with van der Waals surface area (Å²) in [6.07, 6.45) is 5.36. The zero-order valence-electron chi connectivity index (χ0n) is 7.09. The van der Waals surface area contributed by atoms with E-state index in [1.54, 1.807) is 0 Å². The predicted octanol–water partition coefficient (Wildman–Crippen LogP) is 1.80. The first kappa shape index (κ1) is 6.47. The predicted molar refractivity (Wildman–Crippen MR) is 43.1 cm³/mol. The Morgan fingerprint density at radius 2 is 2.27 bits per heavy atom. The highest BCUT2D eigenvalue weighted by atomic mass is 16.3. The van der Waals surface area contributed by atoms with E-state index in [2.05, 4.69) is 6.92 Å². The van der Waals surface area contributed by atoms with Crippen LogP contribution < -0.4 is 0 Å². The fourth-order valence-corrected chi connectivity index (χ4v) is 4.04. The molecule has 0 aromatic heterocycles. The summed E-state index contributed by atoms with van der Waals surface area (Å²) < 4.78 is 0. The molecule has 5 atom stereocenters. The molecule has 1 nitrogen and oxygen atoms in total. The van der Waals surface area contributed by atoms with Crippen molar-refractivity contribution in [3.8, 4) is 0 Å². The maximum atomic E-state index is 9.71. The van der Waals surface area contributed by atoms with Crippen LogP contribution in [0.1, 0.15) is 32.6 Å². The maximum absolute atomic E-state index is 9.71. The molecule has 1 heteroatoms. The summed E-state index contributed by atoms with van der Waals surface area (Å²) in [6, 6.07) is 0. The number of hydrogen-bond acceptors (Lipinski definition) is 1. The normalized spacial score (nSPS) is 66.0. The van der Waals surface area contributed by atoms with E-state index in [-0.39, 0.29) is 6.10 Å². The average Bonchev–Trinajstić information content (AvgIpc) is 2.55. The molecule has 0 radical (unpaired) electrons. The van der Waals surface area contributed by atoms with E-state index in [9.17, 15) is 5.11 Å². The summed E-state index contributed by atoms with van der Waals surface area (Å²) in [5.74, 6) is 2.58. The van der Waals surface area contributed by atoms with Gasteiger partial charge in [0.05, 0.1) is 6.10 Å². The highest BCUT2D eigenvalue weighted by molar-refractivity contribution is 5.16. The zero-order chi connectivity index (χ0) is 7.64. The zero-order valence-corrected chi connectivity index (χ0v) is 7.09. The van der Waals surface area contributed by atoms with Gasteiger partial charge in [-0.1, -0.05) is 13.3 Å². The minimum atomic E-state index is 0.0651. The smallest absolute Gasteiger partial charge is 0.0579 e. The molecule has 0 aliphatic heterocycles. The molecule has 11 heavy (non-hydrogen) atoms. The van der Waals surface area contributed by atoms with Gasteiger partial charge in [-0.3, -0.25) is 0 Å². The number of hydrogen-bond donors (Lipinski definition) is 1. The number of rotatable bonds is 0. The molecule has 0 aromatic carbocycles. The van der Waals surface area contributed by atoms with Gasteiger partial charge < -0.3 is 5.11 Å². The lowest BCUT2D eigenvalue weighted by Gasteiger charge is -2.32. The average molecular weight is 152 g/mol. The molecule has 3 aliphatic rings. The second-order valence-electron chi connectivity index (χ2n) is 5.08. The Morgan fingerprint density at radius 3 is 2.91 bits per heavy atom. The molecular formula is C10H16O. The summed E-state index contributed by atoms with van der Waals surface area (Å²) in [5.41, 5.74) is 0.549. The fourth-order valence-electron chi connectivity index (χ4n) is 4.04. The van der Waals surface area contributed by atoms with Crippen molar-refractivity contribution in [2.24, 2.45) is 23.2 Å². The molecule has 0 amide bonds. The van der Waals surface area contributed by atoms with Crippen molar-refractivity contribution >= 4 is 0 Å². The van der Waals surface area contributed by atoms with Gasteiger partial charge in [-0.15, -0.1) is 0 Å². The van der Waals surface area contributed by atoms with Gasteiger partial charge >= 0.3 is 0 Å². The summed E-state index contributed by atoms with van der Waals surface area (Å²) >= 11 is 0. The largest absolute Gasteiger partial charge is 0.393 e. The van der Waals surface area contributed by atoms with Crippen molar-refractivity contribution < 1.29 is 5.11 Å². The van der Waals surface area contributed by atoms with Crippen LogP contribution in [-0.2, 0) is 0 Å². The second kappa shape index (κ2) is 1.66. The number of aliphatic hydroxyl groups is 1. The van der Waals surface area contributed by atoms with E-state index < -0.39 is 0 Å². The van der Waals surface area contributed by atoms with Gasteiger partial charge in [0.1, 0.15) is 0 Å². The Bertz CT molecular complexity index is 201. The molecule has 3 saturated carbocycles. The van der Waals surface area contributed by atoms with Crippen molar-refractivity contribution in [1.82, 2.24) is 0 Å². The van der Waals surface area contributed by atoms with Gasteiger partial charge in [-0.05, 0) is 42.4 Å². The molecule has 1 N–H and O–H groups in total. The molecule has 3 rings (SSSR count). The standard InChI is InChI=1S/C10H16O/c1-10-4-2-3-6-8(9(6)10)7(11)5-10/h6-9,11H,2-5H2,1H3/t6-,7?,8-,9-,10+/m0/s1. The van der Waals surface area contributed by atoms with Crippen LogP contribution in [0.4, 0.5) is 0 Å². The minimum Gasteiger partial charge on any atom is -0.393 e. The summed E-state index contributed by atoms with van der Waals surface area (Å²) in [7, 11) is 0. The Hall–Kier alpha value is -0.0400. The lowest BCUT2D eigenvalue weighted by atomic mass is 9.73. The van der Waals surface area contributed by atoms with Gasteiger partial charge in [-0.2, -0.15) is 0 Å². The minimum absolute atomic E-state index is 0.0651. The van der Waals surface area contributed by atoms with Crippen LogP contribution in [0.5, 0.6) is 0 Å². The SMILES string of the molecule is C[C@@]12CCC[C@H]3[C@@H](C(O)C1)[C@H]32. The third kappa shape index (κ3) is 0.618. The van der Waals surface area contributed by atoms with Gasteiger partial charge in [0.15, 0.2) is 0 Å². The van der Waals surface area contributed by atoms with E-state index in [0.717, 1.165) is 24.2 Å². The van der Waals surface area contributed by atoms with Gasteiger partial charge in [-0.25, -0.2) is 0 Å². The van der Waals surface area contributed by atoms with Gasteiger partial charge in [0.2, 0.25) is 0 Å². The highest BCUT2D eigenvalue weighted by Gasteiger charge is 2.68. The lowest BCUT2D eigenvalue weighted by molar-refractivity contribution is 0.0938. The van der Waals surface area contributed by atoms with Crippen molar-refractivity contribution in [3.05, 3.63) is 0 Å². The monoisotopic (exact) mass is 152 g/mol. The van der Waals surface area contributed by atoms with Crippen molar-refractivity contribution in [1.29, 1.82) is 0 Å². The molecule has 3 fully saturated rings. The molecule has 0 saturated heterocycles. The van der Waals surface area contributed by atoms with Gasteiger partial charge in [0, 0.05) is 0 Å². The van der Waals surface area contributed by atoms with Crippen molar-refractivity contribution in [2.45, 2.75) is 38.7 Å². The maximum Gasteiger partial charge on any atom is 0.0579 e. The molecule has 0 aromatic rings. The summed E-state index contributed by atoms with van der Waals surface area (Å²) in [5, 5.41) is 9.71. The first-order chi connectivity index (χ1) is 5.22. The second-order valence-corrected chi connectivity index (χ2v) is 5.08. The molecule has 3 aliphatic carbocycles. The van der Waals surface area contributed by atoms with Crippen LogP contribution >= 0.6 is 0 Å². The molecular weight excluding hydrogens is 136 g/mol. The Balaban J connectivity index is 1.95. The third-order valence-corrected chi connectivity index (χ3v) is 4.44. The summed E-state index contributed by atoms with van der Waals surface area (Å²) in [6.45, 7) is 2.39. The topological polar surface area (TPSA) is 20.2 Å². The first-order valence-corrected chi connectivity index (χ1v) is 4.90. The van der Waals surface area contributed by atoms with Crippen molar-refractivity contribution in [3.63, 3.8) is 0 Å². The van der Waals surface area contributed by atoms with Crippen LogP contribution in [0, 0.1) is 23.2 Å². The van der Waals surface area contributed by atoms with E-state index >= 15 is 0 Å². The van der Waals surface area contributed by atoms with E-state index in [4.69, 9.17) is 0 Å². The van der Waals surface area contributed by atoms with E-state index in [0.29, 0.717) is 5.41 Å². The number of fused-ring (bicyclic) bond motifs is 1. The molecule has 0 heterocycles. The Kier molecular flexibility index (Phi) is 0.976. The Labute approximate surface area is 67.8 Å². The molecule has 0 spiro atoms. The first-order valence-electron chi connectivity index (χ1n) is 4.90. The van der Waals surface area contributed by atoms with Crippen LogP contribution in [0.15, 0.2) is 0 Å². The fraction of sp³-hybridized carbons (Fsp3) is 1.00. The van der Waals surface area contributed by atoms with Crippen LogP contribution in [0.3, 0.4) is 0 Å². The van der Waals surface area contributed by atoms with Crippen LogP contribution in [0.2, 0.25) is 0 Å². The Morgan fingerprint density at radius 1 is 1.45 bits per heavy atom. The van der Waals surface area contributed by atoms with Crippen molar-refractivity contribution in [2.75, 3.05) is 0 Å². The van der Waals surface area contributed by atoms with E-state index in [1.807, 2.05) is 0 Å². The lowest BCUT2D eigenvalue weighted by Crippen LogP contribution is -2.25. The highest BCUT2D eigenvalue weighted by Crippen LogP contribution is 2.71. The molecule has 1 unspecified atom stereocenters. The molecule has 0 bridgehead atoms. The number of aliphatic hydroxyl groups excluding tert-OH is 1. The van der Waals surface area contributed by atoms with Crippen LogP contribution in [-0.4, -0.2) is 11.2 Å². The van der Waals surface area contributed by atoms with E-state index in [1.165, 1.54) is 19.3 Å². The molecule has 62 valence electrons. The van der Waals surface area contributed by atoms with Crippen LogP contribution in [0.25, 0.3) is 0 Å². The quantitative estimate of drug-likeness (QED) is 0.561. The summed E-state index contributed by atoms with van der Waals surface area (Å²) in [4.78, 5) is 0. The third-order valence-electron chi connectivity index (χ3n) is 4.44. The van der Waals surface area contributed by atoms with Gasteiger partial charge in [0.25, 0.3) is 0 Å².